The molecule has 0 saturated heterocycles. The second-order valence-corrected chi connectivity index (χ2v) is 7.20. The molecular formula is C19H19ClN7O2. The van der Waals surface area contributed by atoms with Gasteiger partial charge in [0.25, 0.3) is 5.91 Å². The maximum atomic E-state index is 12.5. The highest BCUT2D eigenvalue weighted by atomic mass is 35.5. The summed E-state index contributed by atoms with van der Waals surface area (Å²) in [5, 5.41) is 12.5. The molecule has 4 aromatic rings. The largest absolute Gasteiger partial charge is 0.398 e. The van der Waals surface area contributed by atoms with Crippen molar-refractivity contribution in [2.75, 3.05) is 12.3 Å². The van der Waals surface area contributed by atoms with Crippen molar-refractivity contribution in [2.45, 2.75) is 19.6 Å². The summed E-state index contributed by atoms with van der Waals surface area (Å²) >= 11 is 5.88. The summed E-state index contributed by atoms with van der Waals surface area (Å²) in [5.74, 6) is -0.307. The summed E-state index contributed by atoms with van der Waals surface area (Å²) in [5.41, 5.74) is 9.16. The van der Waals surface area contributed by atoms with Crippen LogP contribution in [0.4, 0.5) is 5.69 Å². The van der Waals surface area contributed by atoms with Crippen LogP contribution in [-0.4, -0.2) is 42.9 Å². The van der Waals surface area contributed by atoms with Crippen LogP contribution in [0.5, 0.6) is 0 Å². The lowest BCUT2D eigenvalue weighted by Gasteiger charge is -2.14. The smallest absolute Gasteiger partial charge is 0.257 e. The number of ether oxygens (including phenoxy) is 1. The monoisotopic (exact) mass is 412 g/mol. The Morgan fingerprint density at radius 1 is 1.45 bits per heavy atom. The van der Waals surface area contributed by atoms with Crippen LogP contribution in [0, 0.1) is 6.20 Å². The Bertz CT molecular complexity index is 1200. The molecular weight excluding hydrogens is 394 g/mol. The number of nitrogens with one attached hydrogen (secondary N) is 1. The number of hydrogen-bond acceptors (Lipinski definition) is 6. The number of benzene rings is 1. The number of anilines is 1. The van der Waals surface area contributed by atoms with Gasteiger partial charge in [0.05, 0.1) is 31.1 Å². The van der Waals surface area contributed by atoms with Gasteiger partial charge < -0.3 is 15.8 Å². The lowest BCUT2D eigenvalue weighted by molar-refractivity contribution is 0.0822. The van der Waals surface area contributed by atoms with E-state index in [1.54, 1.807) is 4.68 Å². The van der Waals surface area contributed by atoms with Gasteiger partial charge >= 0.3 is 0 Å². The normalized spacial score (nSPS) is 12.5. The SMILES string of the molecule is C[C@H](COCc1cc(N)c2cn(C)nc2c1)NC(=O)c1cnn2[c]cc(Cl)nc12. The van der Waals surface area contributed by atoms with Gasteiger partial charge in [0.1, 0.15) is 10.7 Å². The minimum atomic E-state index is -0.307. The predicted octanol–water partition coefficient (Wildman–Crippen LogP) is 1.99. The maximum absolute atomic E-state index is 12.5. The number of halogens is 1. The Hall–Kier alpha value is -3.17. The van der Waals surface area contributed by atoms with Crippen LogP contribution in [0.15, 0.2) is 30.6 Å². The highest BCUT2D eigenvalue weighted by Crippen LogP contribution is 2.22. The number of aryl methyl sites for hydroxylation is 1. The number of nitrogen functional groups attached to an aromatic ring is 1. The molecule has 10 heteroatoms. The molecule has 3 heterocycles. The molecule has 4 rings (SSSR count). The molecule has 0 spiro atoms. The van der Waals surface area contributed by atoms with E-state index in [-0.39, 0.29) is 17.1 Å². The Kier molecular flexibility index (Phi) is 5.08. The summed E-state index contributed by atoms with van der Waals surface area (Å²) < 4.78 is 8.85. The van der Waals surface area contributed by atoms with E-state index in [0.29, 0.717) is 30.1 Å². The van der Waals surface area contributed by atoms with Crippen molar-refractivity contribution < 1.29 is 9.53 Å². The van der Waals surface area contributed by atoms with Crippen LogP contribution in [0.3, 0.4) is 0 Å². The van der Waals surface area contributed by atoms with E-state index in [1.807, 2.05) is 32.3 Å². The third-order valence-electron chi connectivity index (χ3n) is 4.35. The second-order valence-electron chi connectivity index (χ2n) is 6.81. The summed E-state index contributed by atoms with van der Waals surface area (Å²) in [7, 11) is 1.85. The molecule has 9 nitrogen and oxygen atoms in total. The van der Waals surface area contributed by atoms with Crippen LogP contribution in [-0.2, 0) is 18.4 Å². The molecule has 149 valence electrons. The number of fused-ring (bicyclic) bond motifs is 2. The Morgan fingerprint density at radius 2 is 2.28 bits per heavy atom. The number of aromatic nitrogens is 5. The summed E-state index contributed by atoms with van der Waals surface area (Å²) in [6.07, 6.45) is 6.12. The molecule has 29 heavy (non-hydrogen) atoms. The number of rotatable bonds is 6. The van der Waals surface area contributed by atoms with Crippen LogP contribution in [0.2, 0.25) is 5.15 Å². The molecule has 3 aromatic heterocycles. The third kappa shape index (κ3) is 4.01. The second kappa shape index (κ2) is 7.69. The van der Waals surface area contributed by atoms with E-state index < -0.39 is 0 Å². The summed E-state index contributed by atoms with van der Waals surface area (Å²) in [6.45, 7) is 2.54. The number of carbonyl (C=O) groups is 1. The van der Waals surface area contributed by atoms with Crippen LogP contribution in [0.1, 0.15) is 22.8 Å². The Balaban J connectivity index is 1.35. The third-order valence-corrected chi connectivity index (χ3v) is 4.55. The molecule has 1 aromatic carbocycles. The highest BCUT2D eigenvalue weighted by molar-refractivity contribution is 6.29. The van der Waals surface area contributed by atoms with Gasteiger partial charge in [0, 0.05) is 36.4 Å². The molecule has 0 unspecified atom stereocenters. The van der Waals surface area contributed by atoms with Crippen LogP contribution >= 0.6 is 11.6 Å². The molecule has 0 aliphatic rings. The Labute approximate surface area is 171 Å². The van der Waals surface area contributed by atoms with Crippen molar-refractivity contribution in [1.29, 1.82) is 0 Å². The average Bonchev–Trinajstić information content (AvgIpc) is 3.24. The first kappa shape index (κ1) is 19.2. The minimum Gasteiger partial charge on any atom is -0.398 e. The lowest BCUT2D eigenvalue weighted by Crippen LogP contribution is -2.35. The van der Waals surface area contributed by atoms with Gasteiger partial charge in [-0.3, -0.25) is 9.48 Å². The van der Waals surface area contributed by atoms with Gasteiger partial charge in [-0.25, -0.2) is 9.50 Å². The van der Waals surface area contributed by atoms with Crippen molar-refractivity contribution >= 4 is 39.7 Å². The number of hydrogen-bond donors (Lipinski definition) is 2. The van der Waals surface area contributed by atoms with Crippen molar-refractivity contribution in [3.63, 3.8) is 0 Å². The molecule has 0 aliphatic carbocycles. The van der Waals surface area contributed by atoms with E-state index in [1.165, 1.54) is 16.8 Å². The van der Waals surface area contributed by atoms with Crippen molar-refractivity contribution in [3.8, 4) is 0 Å². The van der Waals surface area contributed by atoms with Crippen molar-refractivity contribution in [3.05, 3.63) is 53.1 Å². The molecule has 1 radical (unpaired) electrons. The first-order chi connectivity index (χ1) is 13.9. The average molecular weight is 413 g/mol. The quantitative estimate of drug-likeness (QED) is 0.370. The van der Waals surface area contributed by atoms with Gasteiger partial charge in [-0.05, 0) is 24.6 Å². The molecule has 1 amide bonds. The molecule has 0 saturated carbocycles. The highest BCUT2D eigenvalue weighted by Gasteiger charge is 2.17. The first-order valence-electron chi connectivity index (χ1n) is 8.93. The number of nitrogens with zero attached hydrogens (tertiary/aromatic N) is 5. The van der Waals surface area contributed by atoms with Gasteiger partial charge in [0.2, 0.25) is 0 Å². The van der Waals surface area contributed by atoms with E-state index in [0.717, 1.165) is 16.5 Å². The zero-order valence-corrected chi connectivity index (χ0v) is 16.6. The number of carbonyl (C=O) groups excluding carboxylic acids is 1. The van der Waals surface area contributed by atoms with Gasteiger partial charge in [-0.2, -0.15) is 10.2 Å². The zero-order chi connectivity index (χ0) is 20.5. The van der Waals surface area contributed by atoms with Crippen molar-refractivity contribution in [1.82, 2.24) is 29.7 Å². The fourth-order valence-electron chi connectivity index (χ4n) is 3.06. The predicted molar refractivity (Wildman–Crippen MR) is 109 cm³/mol. The van der Waals surface area contributed by atoms with Gasteiger partial charge in [-0.15, -0.1) is 0 Å². The van der Waals surface area contributed by atoms with Crippen LogP contribution in [0.25, 0.3) is 16.6 Å². The number of nitrogens with two attached hydrogens (primary N) is 1. The van der Waals surface area contributed by atoms with Crippen molar-refractivity contribution in [2.24, 2.45) is 7.05 Å². The summed E-state index contributed by atoms with van der Waals surface area (Å²) in [4.78, 5) is 16.6. The van der Waals surface area contributed by atoms with E-state index in [4.69, 9.17) is 22.1 Å². The van der Waals surface area contributed by atoms with E-state index in [2.05, 4.69) is 26.7 Å². The van der Waals surface area contributed by atoms with E-state index >= 15 is 0 Å². The standard InChI is InChI=1S/C19H19ClN7O2/c1-11(23-19(28)13-7-22-27-4-3-17(20)24-18(13)27)9-29-10-12-5-15(21)14-8-26(2)25-16(14)6-12/h3,5-8,11H,9-10,21H2,1-2H3,(H,23,28)/t11-/m1/s1. The van der Waals surface area contributed by atoms with Crippen LogP contribution < -0.4 is 11.1 Å². The number of amides is 1. The molecule has 3 N–H and O–H groups in total. The molecule has 0 aliphatic heterocycles. The first-order valence-corrected chi connectivity index (χ1v) is 9.31. The lowest BCUT2D eigenvalue weighted by atomic mass is 10.1. The summed E-state index contributed by atoms with van der Waals surface area (Å²) in [6, 6.07) is 5.07. The van der Waals surface area contributed by atoms with Gasteiger partial charge in [0.15, 0.2) is 5.65 Å². The maximum Gasteiger partial charge on any atom is 0.257 e. The molecule has 0 fully saturated rings. The Morgan fingerprint density at radius 3 is 3.10 bits per heavy atom. The minimum absolute atomic E-state index is 0.225. The van der Waals surface area contributed by atoms with Gasteiger partial charge in [-0.1, -0.05) is 11.6 Å². The fraction of sp³-hybridized carbons (Fsp3) is 0.263. The topological polar surface area (TPSA) is 112 Å². The fourth-order valence-corrected chi connectivity index (χ4v) is 3.19. The van der Waals surface area contributed by atoms with E-state index in [9.17, 15) is 4.79 Å². The zero-order valence-electron chi connectivity index (χ0n) is 15.9. The molecule has 0 bridgehead atoms. The molecule has 1 atom stereocenters.